The van der Waals surface area contributed by atoms with Crippen molar-refractivity contribution in [2.24, 2.45) is 0 Å². The van der Waals surface area contributed by atoms with Gasteiger partial charge in [0.1, 0.15) is 11.6 Å². The van der Waals surface area contributed by atoms with Gasteiger partial charge in [-0.3, -0.25) is 9.78 Å². The van der Waals surface area contributed by atoms with Crippen molar-refractivity contribution in [3.05, 3.63) is 87.5 Å². The van der Waals surface area contributed by atoms with Gasteiger partial charge in [0.05, 0.1) is 17.8 Å². The Morgan fingerprint density at radius 2 is 1.85 bits per heavy atom. The topological polar surface area (TPSA) is 58.7 Å². The Morgan fingerprint density at radius 3 is 2.44 bits per heavy atom. The van der Waals surface area contributed by atoms with Gasteiger partial charge in [-0.1, -0.05) is 23.8 Å². The minimum atomic E-state index is -4.81. The normalized spacial score (nSPS) is 11.2. The van der Waals surface area contributed by atoms with Crippen LogP contribution in [-0.4, -0.2) is 9.55 Å². The van der Waals surface area contributed by atoms with Crippen molar-refractivity contribution in [3.8, 4) is 17.3 Å². The molecule has 0 aliphatic heterocycles. The summed E-state index contributed by atoms with van der Waals surface area (Å²) in [5.74, 6) is 0. The maximum absolute atomic E-state index is 13.4. The van der Waals surface area contributed by atoms with Gasteiger partial charge in [-0.25, -0.2) is 0 Å². The molecule has 0 bridgehead atoms. The summed E-state index contributed by atoms with van der Waals surface area (Å²) in [5, 5.41) is 9.19. The van der Waals surface area contributed by atoms with Crippen LogP contribution in [0.2, 0.25) is 0 Å². The SMILES string of the molecule is Cc1cccc(-c2cc(C(F)(F)F)c(C#N)c(=O)n2Cc2ccncc2)c1. The maximum Gasteiger partial charge on any atom is 0.417 e. The smallest absolute Gasteiger partial charge is 0.303 e. The van der Waals surface area contributed by atoms with Crippen LogP contribution in [0, 0.1) is 18.3 Å². The molecule has 4 nitrogen and oxygen atoms in total. The zero-order chi connectivity index (χ0) is 19.6. The maximum atomic E-state index is 13.4. The lowest BCUT2D eigenvalue weighted by atomic mass is 10.0. The lowest BCUT2D eigenvalue weighted by molar-refractivity contribution is -0.137. The van der Waals surface area contributed by atoms with E-state index in [4.69, 9.17) is 0 Å². The van der Waals surface area contributed by atoms with Crippen molar-refractivity contribution in [2.45, 2.75) is 19.6 Å². The van der Waals surface area contributed by atoms with E-state index in [9.17, 15) is 23.2 Å². The molecule has 0 unspecified atom stereocenters. The van der Waals surface area contributed by atoms with Gasteiger partial charge in [0, 0.05) is 12.4 Å². The van der Waals surface area contributed by atoms with Gasteiger partial charge in [0.2, 0.25) is 0 Å². The second-order valence-corrected chi connectivity index (χ2v) is 6.04. The third-order valence-electron chi connectivity index (χ3n) is 4.12. The van der Waals surface area contributed by atoms with Crippen LogP contribution in [0.25, 0.3) is 11.3 Å². The predicted molar refractivity (Wildman–Crippen MR) is 93.9 cm³/mol. The van der Waals surface area contributed by atoms with E-state index in [-0.39, 0.29) is 12.2 Å². The first-order valence-electron chi connectivity index (χ1n) is 8.02. The summed E-state index contributed by atoms with van der Waals surface area (Å²) in [4.78, 5) is 16.7. The first-order chi connectivity index (χ1) is 12.8. The van der Waals surface area contributed by atoms with Gasteiger partial charge in [-0.15, -0.1) is 0 Å². The van der Waals surface area contributed by atoms with E-state index in [1.165, 1.54) is 23.0 Å². The molecule has 27 heavy (non-hydrogen) atoms. The van der Waals surface area contributed by atoms with Crippen molar-refractivity contribution < 1.29 is 13.2 Å². The minimum Gasteiger partial charge on any atom is -0.303 e. The Bertz CT molecular complexity index is 1080. The van der Waals surface area contributed by atoms with Gasteiger partial charge in [-0.05, 0) is 42.3 Å². The Labute approximate surface area is 153 Å². The molecular formula is C20H14F3N3O. The number of alkyl halides is 3. The lowest BCUT2D eigenvalue weighted by Crippen LogP contribution is -2.28. The molecule has 136 valence electrons. The number of benzene rings is 1. The van der Waals surface area contributed by atoms with Gasteiger partial charge < -0.3 is 4.57 Å². The number of hydrogen-bond acceptors (Lipinski definition) is 3. The number of rotatable bonds is 3. The number of pyridine rings is 2. The van der Waals surface area contributed by atoms with Gasteiger partial charge in [0.15, 0.2) is 0 Å². The van der Waals surface area contributed by atoms with Crippen LogP contribution in [0.1, 0.15) is 22.3 Å². The van der Waals surface area contributed by atoms with E-state index in [1.54, 1.807) is 30.3 Å². The van der Waals surface area contributed by atoms with E-state index in [2.05, 4.69) is 4.98 Å². The van der Waals surface area contributed by atoms with Crippen molar-refractivity contribution >= 4 is 0 Å². The van der Waals surface area contributed by atoms with Crippen LogP contribution in [0.15, 0.2) is 59.7 Å². The molecule has 0 fully saturated rings. The Hall–Kier alpha value is -3.40. The highest BCUT2D eigenvalue weighted by Crippen LogP contribution is 2.33. The van der Waals surface area contributed by atoms with Crippen LogP contribution in [-0.2, 0) is 12.7 Å². The van der Waals surface area contributed by atoms with Crippen LogP contribution in [0.3, 0.4) is 0 Å². The second kappa shape index (κ2) is 7.08. The average Bonchev–Trinajstić information content (AvgIpc) is 2.63. The first kappa shape index (κ1) is 18.4. The van der Waals surface area contributed by atoms with Crippen LogP contribution in [0.4, 0.5) is 13.2 Å². The fourth-order valence-corrected chi connectivity index (χ4v) is 2.85. The summed E-state index contributed by atoms with van der Waals surface area (Å²) in [6, 6.07) is 12.5. The molecule has 0 saturated carbocycles. The monoisotopic (exact) mass is 369 g/mol. The fraction of sp³-hybridized carbons (Fsp3) is 0.150. The van der Waals surface area contributed by atoms with Crippen molar-refractivity contribution in [1.29, 1.82) is 5.26 Å². The summed E-state index contributed by atoms with van der Waals surface area (Å²) in [7, 11) is 0. The van der Waals surface area contributed by atoms with Crippen LogP contribution < -0.4 is 5.56 Å². The highest BCUT2D eigenvalue weighted by Gasteiger charge is 2.36. The molecule has 0 radical (unpaired) electrons. The number of nitrogens with zero attached hydrogens (tertiary/aromatic N) is 3. The van der Waals surface area contributed by atoms with Gasteiger partial charge in [-0.2, -0.15) is 18.4 Å². The average molecular weight is 369 g/mol. The van der Waals surface area contributed by atoms with E-state index >= 15 is 0 Å². The molecule has 3 aromatic rings. The van der Waals surface area contributed by atoms with Gasteiger partial charge >= 0.3 is 6.18 Å². The zero-order valence-corrected chi connectivity index (χ0v) is 14.3. The highest BCUT2D eigenvalue weighted by molar-refractivity contribution is 5.63. The van der Waals surface area contributed by atoms with Crippen molar-refractivity contribution in [3.63, 3.8) is 0 Å². The largest absolute Gasteiger partial charge is 0.417 e. The summed E-state index contributed by atoms with van der Waals surface area (Å²) in [6.45, 7) is 1.83. The fourth-order valence-electron chi connectivity index (χ4n) is 2.85. The number of nitriles is 1. The molecule has 0 atom stereocenters. The summed E-state index contributed by atoms with van der Waals surface area (Å²) in [5.41, 5.74) is -1.01. The molecule has 3 rings (SSSR count). The second-order valence-electron chi connectivity index (χ2n) is 6.04. The molecule has 0 saturated heterocycles. The molecular weight excluding hydrogens is 355 g/mol. The Kier molecular flexibility index (Phi) is 4.82. The van der Waals surface area contributed by atoms with E-state index in [1.807, 2.05) is 13.0 Å². The van der Waals surface area contributed by atoms with Crippen LogP contribution >= 0.6 is 0 Å². The van der Waals surface area contributed by atoms with Crippen LogP contribution in [0.5, 0.6) is 0 Å². The first-order valence-corrected chi connectivity index (χ1v) is 8.02. The molecule has 2 heterocycles. The molecule has 0 aliphatic rings. The third-order valence-corrected chi connectivity index (χ3v) is 4.12. The van der Waals surface area contributed by atoms with Crippen molar-refractivity contribution in [2.75, 3.05) is 0 Å². The molecule has 0 amide bonds. The van der Waals surface area contributed by atoms with Gasteiger partial charge in [0.25, 0.3) is 5.56 Å². The standard InChI is InChI=1S/C20H14F3N3O/c1-13-3-2-4-15(9-13)18-10-17(20(21,22)23)16(11-24)19(27)26(18)12-14-5-7-25-8-6-14/h2-10H,12H2,1H3. The van der Waals surface area contributed by atoms with E-state index in [0.29, 0.717) is 11.1 Å². The number of hydrogen-bond donors (Lipinski definition) is 0. The quantitative estimate of drug-likeness (QED) is 0.697. The highest BCUT2D eigenvalue weighted by atomic mass is 19.4. The predicted octanol–water partition coefficient (Wildman–Crippen LogP) is 4.16. The molecule has 0 N–H and O–H groups in total. The summed E-state index contributed by atoms with van der Waals surface area (Å²) in [6.07, 6.45) is -1.75. The lowest BCUT2D eigenvalue weighted by Gasteiger charge is -2.18. The number of halogens is 3. The third kappa shape index (κ3) is 3.75. The molecule has 0 spiro atoms. The molecule has 1 aromatic carbocycles. The number of aryl methyl sites for hydroxylation is 1. The zero-order valence-electron chi connectivity index (χ0n) is 14.3. The van der Waals surface area contributed by atoms with E-state index in [0.717, 1.165) is 11.6 Å². The molecule has 7 heteroatoms. The molecule has 0 aliphatic carbocycles. The summed E-state index contributed by atoms with van der Waals surface area (Å²) >= 11 is 0. The summed E-state index contributed by atoms with van der Waals surface area (Å²) < 4.78 is 41.5. The Morgan fingerprint density at radius 1 is 1.15 bits per heavy atom. The Balaban J connectivity index is 2.33. The minimum absolute atomic E-state index is 0.0252. The van der Waals surface area contributed by atoms with E-state index < -0.39 is 22.9 Å². The van der Waals surface area contributed by atoms with Crippen molar-refractivity contribution in [1.82, 2.24) is 9.55 Å². The number of aromatic nitrogens is 2. The molecule has 2 aromatic heterocycles.